The Bertz CT molecular complexity index is 1650. The summed E-state index contributed by atoms with van der Waals surface area (Å²) in [7, 11) is 3.02. The van der Waals surface area contributed by atoms with Crippen LogP contribution in [0.5, 0.6) is 5.75 Å². The van der Waals surface area contributed by atoms with Crippen LogP contribution < -0.4 is 15.4 Å². The molecule has 5 rings (SSSR count). The van der Waals surface area contributed by atoms with Crippen LogP contribution in [0.25, 0.3) is 5.69 Å². The summed E-state index contributed by atoms with van der Waals surface area (Å²) in [4.78, 5) is 47.5. The van der Waals surface area contributed by atoms with Gasteiger partial charge in [-0.25, -0.2) is 9.67 Å². The first kappa shape index (κ1) is 36.6. The molecule has 1 aromatic carbocycles. The Morgan fingerprint density at radius 3 is 2.42 bits per heavy atom. The first-order chi connectivity index (χ1) is 24.0. The Morgan fingerprint density at radius 1 is 1.00 bits per heavy atom. The fourth-order valence-electron chi connectivity index (χ4n) is 7.18. The molecule has 1 amide bonds. The fraction of sp³-hybridized carbons (Fsp3) is 0.541. The van der Waals surface area contributed by atoms with Gasteiger partial charge in [-0.1, -0.05) is 0 Å². The molecule has 270 valence electrons. The number of piperazine rings is 1. The summed E-state index contributed by atoms with van der Waals surface area (Å²) in [5, 5.41) is 13.7. The second-order valence-electron chi connectivity index (χ2n) is 13.6. The number of nitrogens with two attached hydrogens (primary N) is 1. The third-order valence-electron chi connectivity index (χ3n) is 9.89. The predicted octanol–water partition coefficient (Wildman–Crippen LogP) is 3.98. The zero-order valence-electron chi connectivity index (χ0n) is 29.8. The normalized spacial score (nSPS) is 17.2. The number of nitrogen functional groups attached to an aromatic ring is 1. The quantitative estimate of drug-likeness (QED) is 0.223. The topological polar surface area (TPSA) is 156 Å². The van der Waals surface area contributed by atoms with Crippen LogP contribution in [-0.2, 0) is 25.5 Å². The van der Waals surface area contributed by atoms with Gasteiger partial charge in [0.2, 0.25) is 5.91 Å². The molecule has 2 saturated heterocycles. The van der Waals surface area contributed by atoms with Crippen molar-refractivity contribution in [3.63, 3.8) is 0 Å². The highest BCUT2D eigenvalue weighted by molar-refractivity contribution is 5.77. The van der Waals surface area contributed by atoms with Crippen molar-refractivity contribution in [2.45, 2.75) is 64.7 Å². The van der Waals surface area contributed by atoms with Gasteiger partial charge in [0.05, 0.1) is 32.0 Å². The van der Waals surface area contributed by atoms with Gasteiger partial charge < -0.3 is 35.0 Å². The van der Waals surface area contributed by atoms with Gasteiger partial charge in [0.1, 0.15) is 0 Å². The SMILES string of the molecule is COC(=O)C[C@H](CN1CC[C@@H](CCc2ccc(OC)c(N)n2)C1)c1cc(N2CCN(C(=O)CCCC(=O)O)CC2)cc(-n2nc(C)cc2C)c1. The highest BCUT2D eigenvalue weighted by atomic mass is 16.5. The number of pyridine rings is 1. The predicted molar refractivity (Wildman–Crippen MR) is 191 cm³/mol. The standard InChI is InChI=1S/C37H51N7O6/c1-25-18-26(2)44(40-25)32-20-28(19-31(22-32)42-14-16-43(17-15-42)34(45)6-5-7-35(46)47)29(21-36(48)50-4)24-41-13-12-27(23-41)8-9-30-10-11-33(49-3)37(38)39-30/h10-11,18-20,22,27,29H,5-9,12-17,21,23-24H2,1-4H3,(H2,38,39)(H,46,47)/t27-,29-/m1/s1. The Labute approximate surface area is 294 Å². The second kappa shape index (κ2) is 16.8. The van der Waals surface area contributed by atoms with Crippen LogP contribution in [0.3, 0.4) is 0 Å². The smallest absolute Gasteiger partial charge is 0.306 e. The number of methoxy groups -OCH3 is 2. The third-order valence-corrected chi connectivity index (χ3v) is 9.89. The molecule has 13 heteroatoms. The number of nitrogens with zero attached hydrogens (tertiary/aromatic N) is 6. The highest BCUT2D eigenvalue weighted by Gasteiger charge is 2.29. The van der Waals surface area contributed by atoms with E-state index in [-0.39, 0.29) is 37.1 Å². The monoisotopic (exact) mass is 689 g/mol. The summed E-state index contributed by atoms with van der Waals surface area (Å²) in [6, 6.07) is 12.4. The van der Waals surface area contributed by atoms with Gasteiger partial charge in [0.15, 0.2) is 11.6 Å². The van der Waals surface area contributed by atoms with Crippen LogP contribution in [0.1, 0.15) is 67.1 Å². The average Bonchev–Trinajstić information content (AvgIpc) is 3.70. The van der Waals surface area contributed by atoms with Gasteiger partial charge in [0, 0.05) is 75.1 Å². The molecular formula is C37H51N7O6. The largest absolute Gasteiger partial charge is 0.493 e. The number of ether oxygens (including phenoxy) is 2. The summed E-state index contributed by atoms with van der Waals surface area (Å²) >= 11 is 0. The number of benzene rings is 1. The average molecular weight is 690 g/mol. The van der Waals surface area contributed by atoms with E-state index in [1.54, 1.807) is 7.11 Å². The Balaban J connectivity index is 1.32. The van der Waals surface area contributed by atoms with E-state index in [0.29, 0.717) is 50.1 Å². The number of carboxylic acid groups (broad SMARTS) is 1. The van der Waals surface area contributed by atoms with Gasteiger partial charge in [0.25, 0.3) is 0 Å². The van der Waals surface area contributed by atoms with E-state index in [1.165, 1.54) is 7.11 Å². The maximum absolute atomic E-state index is 12.8. The third kappa shape index (κ3) is 9.52. The molecule has 2 aliphatic heterocycles. The number of likely N-dealkylation sites (tertiary alicyclic amines) is 1. The van der Waals surface area contributed by atoms with Crippen LogP contribution in [0.2, 0.25) is 0 Å². The van der Waals surface area contributed by atoms with E-state index < -0.39 is 5.97 Å². The van der Waals surface area contributed by atoms with Crippen molar-refractivity contribution in [2.75, 3.05) is 70.7 Å². The molecule has 0 aliphatic carbocycles. The Morgan fingerprint density at radius 2 is 1.76 bits per heavy atom. The molecule has 3 aromatic rings. The van der Waals surface area contributed by atoms with Gasteiger partial charge in [-0.05, 0) is 94.0 Å². The number of amides is 1. The lowest BCUT2D eigenvalue weighted by atomic mass is 9.93. The summed E-state index contributed by atoms with van der Waals surface area (Å²) in [6.45, 7) is 9.04. The van der Waals surface area contributed by atoms with Crippen LogP contribution in [-0.4, -0.2) is 108 Å². The van der Waals surface area contributed by atoms with Crippen molar-refractivity contribution in [3.05, 3.63) is 59.0 Å². The van der Waals surface area contributed by atoms with E-state index in [1.807, 2.05) is 41.6 Å². The summed E-state index contributed by atoms with van der Waals surface area (Å²) in [6.07, 6.45) is 3.75. The van der Waals surface area contributed by atoms with E-state index in [4.69, 9.17) is 25.4 Å². The molecule has 0 radical (unpaired) electrons. The molecule has 2 fully saturated rings. The highest BCUT2D eigenvalue weighted by Crippen LogP contribution is 2.33. The number of anilines is 2. The number of hydrogen-bond donors (Lipinski definition) is 2. The molecule has 4 heterocycles. The molecule has 0 saturated carbocycles. The second-order valence-corrected chi connectivity index (χ2v) is 13.6. The number of carboxylic acids is 1. The van der Waals surface area contributed by atoms with Crippen LogP contribution in [0.4, 0.5) is 11.5 Å². The van der Waals surface area contributed by atoms with Crippen molar-refractivity contribution < 1.29 is 29.0 Å². The van der Waals surface area contributed by atoms with E-state index in [0.717, 1.165) is 72.9 Å². The van der Waals surface area contributed by atoms with Gasteiger partial charge in [-0.3, -0.25) is 14.4 Å². The zero-order chi connectivity index (χ0) is 35.8. The number of aryl methyl sites for hydroxylation is 3. The number of hydrogen-bond acceptors (Lipinski definition) is 10. The van der Waals surface area contributed by atoms with Crippen LogP contribution >= 0.6 is 0 Å². The van der Waals surface area contributed by atoms with Gasteiger partial charge in [-0.15, -0.1) is 0 Å². The molecule has 50 heavy (non-hydrogen) atoms. The molecule has 2 aromatic heterocycles. The van der Waals surface area contributed by atoms with Crippen molar-refractivity contribution in [1.29, 1.82) is 0 Å². The lowest BCUT2D eigenvalue weighted by Gasteiger charge is -2.37. The molecule has 13 nitrogen and oxygen atoms in total. The first-order valence-corrected chi connectivity index (χ1v) is 17.5. The van der Waals surface area contributed by atoms with Crippen molar-refractivity contribution in [3.8, 4) is 11.4 Å². The molecule has 2 aliphatic rings. The van der Waals surface area contributed by atoms with E-state index in [2.05, 4.69) is 33.0 Å². The lowest BCUT2D eigenvalue weighted by Crippen LogP contribution is -2.48. The zero-order valence-corrected chi connectivity index (χ0v) is 29.8. The van der Waals surface area contributed by atoms with Crippen LogP contribution in [0.15, 0.2) is 36.4 Å². The molecule has 2 atom stereocenters. The minimum absolute atomic E-state index is 0.00481. The summed E-state index contributed by atoms with van der Waals surface area (Å²) in [5.74, 6) is 0.273. The number of carbonyl (C=O) groups excluding carboxylic acids is 2. The van der Waals surface area contributed by atoms with Crippen molar-refractivity contribution in [2.24, 2.45) is 5.92 Å². The molecule has 0 spiro atoms. The molecular weight excluding hydrogens is 638 g/mol. The first-order valence-electron chi connectivity index (χ1n) is 17.5. The molecule has 0 unspecified atom stereocenters. The minimum atomic E-state index is -0.885. The lowest BCUT2D eigenvalue weighted by molar-refractivity contribution is -0.141. The van der Waals surface area contributed by atoms with Crippen molar-refractivity contribution >= 4 is 29.4 Å². The van der Waals surface area contributed by atoms with Gasteiger partial charge in [-0.2, -0.15) is 5.10 Å². The number of aliphatic carboxylic acids is 1. The number of carbonyl (C=O) groups is 3. The maximum atomic E-state index is 12.8. The number of esters is 1. The fourth-order valence-corrected chi connectivity index (χ4v) is 7.18. The summed E-state index contributed by atoms with van der Waals surface area (Å²) < 4.78 is 12.4. The number of aromatic nitrogens is 3. The van der Waals surface area contributed by atoms with Gasteiger partial charge >= 0.3 is 11.9 Å². The number of rotatable bonds is 15. The van der Waals surface area contributed by atoms with Crippen molar-refractivity contribution in [1.82, 2.24) is 24.6 Å². The minimum Gasteiger partial charge on any atom is -0.493 e. The Kier molecular flexibility index (Phi) is 12.3. The maximum Gasteiger partial charge on any atom is 0.306 e. The Hall–Kier alpha value is -4.65. The molecule has 0 bridgehead atoms. The molecule has 3 N–H and O–H groups in total. The van der Waals surface area contributed by atoms with E-state index in [9.17, 15) is 14.4 Å². The van der Waals surface area contributed by atoms with E-state index >= 15 is 0 Å². The summed E-state index contributed by atoms with van der Waals surface area (Å²) in [5.41, 5.74) is 11.9. The van der Waals surface area contributed by atoms with Crippen LogP contribution in [0, 0.1) is 19.8 Å².